The second-order valence-corrected chi connectivity index (χ2v) is 9.39. The highest BCUT2D eigenvalue weighted by molar-refractivity contribution is 5.94. The van der Waals surface area contributed by atoms with E-state index in [4.69, 9.17) is 15.7 Å². The number of piperidine rings is 1. The van der Waals surface area contributed by atoms with Crippen LogP contribution in [0.2, 0.25) is 0 Å². The molecule has 1 amide bonds. The molecule has 3 heterocycles. The number of rotatable bonds is 6. The molecule has 3 aromatic rings. The van der Waals surface area contributed by atoms with Crippen LogP contribution in [0.3, 0.4) is 0 Å². The molecule has 0 unspecified atom stereocenters. The maximum absolute atomic E-state index is 13.8. The van der Waals surface area contributed by atoms with Crippen LogP contribution in [0.25, 0.3) is 11.0 Å². The second kappa shape index (κ2) is 10.5. The molecule has 1 atom stereocenters. The molecule has 0 aliphatic carbocycles. The minimum Gasteiger partial charge on any atom is -0.341 e. The summed E-state index contributed by atoms with van der Waals surface area (Å²) in [4.78, 5) is 30.1. The van der Waals surface area contributed by atoms with Gasteiger partial charge in [-0.05, 0) is 64.7 Å². The van der Waals surface area contributed by atoms with Gasteiger partial charge in [-0.1, -0.05) is 12.0 Å². The van der Waals surface area contributed by atoms with Crippen LogP contribution in [-0.2, 0) is 13.1 Å². The van der Waals surface area contributed by atoms with E-state index in [9.17, 15) is 4.79 Å². The highest BCUT2D eigenvalue weighted by Crippen LogP contribution is 2.25. The van der Waals surface area contributed by atoms with Gasteiger partial charge < -0.3 is 10.6 Å². The SMILES string of the molecule is C=NN(Cc1cc(C)c2nc(C)c(C)nc2c1)C(=O)c1c(C)nc(N2CCC[C@@H](N)C2)n1CC#CC. The van der Waals surface area contributed by atoms with E-state index < -0.39 is 0 Å². The Morgan fingerprint density at radius 1 is 1.19 bits per heavy atom. The van der Waals surface area contributed by atoms with Crippen LogP contribution >= 0.6 is 0 Å². The fourth-order valence-electron chi connectivity index (χ4n) is 4.72. The Morgan fingerprint density at radius 2 is 1.94 bits per heavy atom. The van der Waals surface area contributed by atoms with Crippen LogP contribution in [0.4, 0.5) is 5.95 Å². The van der Waals surface area contributed by atoms with Crippen molar-refractivity contribution in [3.05, 3.63) is 46.0 Å². The molecular formula is C27H34N8O. The Balaban J connectivity index is 1.69. The summed E-state index contributed by atoms with van der Waals surface area (Å²) in [6.07, 6.45) is 1.97. The number of aryl methyl sites for hydroxylation is 4. The van der Waals surface area contributed by atoms with Gasteiger partial charge in [0.15, 0.2) is 0 Å². The standard InChI is InChI=1S/C27H34N8O/c1-7-8-12-34-25(20(5)32-27(34)33-11-9-10-22(28)16-33)26(36)35(29-6)15-21-13-17(2)24-23(14-21)30-18(3)19(4)31-24/h13-14,22H,6,9-12,15-16,28H2,1-5H3/t22-/m1/s1. The Morgan fingerprint density at radius 3 is 2.64 bits per heavy atom. The number of benzene rings is 1. The van der Waals surface area contributed by atoms with Crippen molar-refractivity contribution in [3.63, 3.8) is 0 Å². The smallest absolute Gasteiger partial charge is 0.292 e. The predicted octanol–water partition coefficient (Wildman–Crippen LogP) is 3.27. The Labute approximate surface area is 212 Å². The van der Waals surface area contributed by atoms with Gasteiger partial charge in [-0.25, -0.2) is 20.0 Å². The second-order valence-electron chi connectivity index (χ2n) is 9.39. The zero-order valence-corrected chi connectivity index (χ0v) is 21.8. The van der Waals surface area contributed by atoms with E-state index in [2.05, 4.69) is 33.5 Å². The average Bonchev–Trinajstić information content (AvgIpc) is 3.18. The zero-order valence-electron chi connectivity index (χ0n) is 21.8. The number of amides is 1. The Bertz CT molecular complexity index is 1380. The van der Waals surface area contributed by atoms with Gasteiger partial charge in [0.2, 0.25) is 5.95 Å². The third-order valence-corrected chi connectivity index (χ3v) is 6.65. The number of nitrogens with zero attached hydrogens (tertiary/aromatic N) is 7. The van der Waals surface area contributed by atoms with Crippen molar-refractivity contribution in [3.8, 4) is 11.8 Å². The first-order valence-electron chi connectivity index (χ1n) is 12.2. The van der Waals surface area contributed by atoms with Crippen molar-refractivity contribution in [2.24, 2.45) is 10.8 Å². The first-order valence-corrected chi connectivity index (χ1v) is 12.2. The summed E-state index contributed by atoms with van der Waals surface area (Å²) in [6, 6.07) is 4.06. The lowest BCUT2D eigenvalue weighted by atomic mass is 10.1. The first kappa shape index (κ1) is 25.3. The molecule has 36 heavy (non-hydrogen) atoms. The molecule has 188 valence electrons. The van der Waals surface area contributed by atoms with Crippen molar-refractivity contribution in [2.75, 3.05) is 18.0 Å². The molecule has 1 aliphatic rings. The summed E-state index contributed by atoms with van der Waals surface area (Å²) in [7, 11) is 0. The molecule has 1 saturated heterocycles. The topological polar surface area (TPSA) is 106 Å². The number of imidazole rings is 1. The Hall–Kier alpha value is -3.77. The van der Waals surface area contributed by atoms with Crippen LogP contribution in [0.5, 0.6) is 0 Å². The van der Waals surface area contributed by atoms with Crippen LogP contribution in [-0.4, -0.2) is 56.3 Å². The summed E-state index contributed by atoms with van der Waals surface area (Å²) < 4.78 is 1.88. The van der Waals surface area contributed by atoms with Crippen molar-refractivity contribution in [1.82, 2.24) is 24.5 Å². The lowest BCUT2D eigenvalue weighted by Gasteiger charge is -2.32. The van der Waals surface area contributed by atoms with Gasteiger partial charge in [0, 0.05) is 25.8 Å². The fraction of sp³-hybridized carbons (Fsp3) is 0.444. The molecular weight excluding hydrogens is 452 g/mol. The van der Waals surface area contributed by atoms with Gasteiger partial charge in [0.1, 0.15) is 5.69 Å². The van der Waals surface area contributed by atoms with Gasteiger partial charge in [-0.3, -0.25) is 9.36 Å². The summed E-state index contributed by atoms with van der Waals surface area (Å²) in [5, 5.41) is 5.46. The molecule has 9 heteroatoms. The molecule has 2 aromatic heterocycles. The molecule has 9 nitrogen and oxygen atoms in total. The Kier molecular flexibility index (Phi) is 7.36. The highest BCUT2D eigenvalue weighted by Gasteiger charge is 2.29. The number of hydrogen-bond acceptors (Lipinski definition) is 7. The van der Waals surface area contributed by atoms with Crippen molar-refractivity contribution >= 4 is 29.6 Å². The summed E-state index contributed by atoms with van der Waals surface area (Å²) in [6.45, 7) is 15.4. The number of anilines is 1. The lowest BCUT2D eigenvalue weighted by Crippen LogP contribution is -2.44. The van der Waals surface area contributed by atoms with Gasteiger partial charge in [-0.15, -0.1) is 5.92 Å². The van der Waals surface area contributed by atoms with Gasteiger partial charge in [0.05, 0.1) is 41.2 Å². The maximum atomic E-state index is 13.8. The highest BCUT2D eigenvalue weighted by atomic mass is 16.2. The van der Waals surface area contributed by atoms with Crippen LogP contribution in [0, 0.1) is 39.5 Å². The fourth-order valence-corrected chi connectivity index (χ4v) is 4.72. The summed E-state index contributed by atoms with van der Waals surface area (Å²) in [5.74, 6) is 6.47. The maximum Gasteiger partial charge on any atom is 0.292 e. The van der Waals surface area contributed by atoms with E-state index in [1.165, 1.54) is 5.01 Å². The van der Waals surface area contributed by atoms with Crippen LogP contribution in [0.15, 0.2) is 17.2 Å². The van der Waals surface area contributed by atoms with E-state index in [1.807, 2.05) is 44.4 Å². The van der Waals surface area contributed by atoms with Crippen LogP contribution < -0.4 is 10.6 Å². The summed E-state index contributed by atoms with van der Waals surface area (Å²) in [5.41, 5.74) is 12.7. The minimum absolute atomic E-state index is 0.0821. The molecule has 0 bridgehead atoms. The monoisotopic (exact) mass is 486 g/mol. The number of aromatic nitrogens is 4. The molecule has 0 spiro atoms. The zero-order chi connectivity index (χ0) is 26.0. The summed E-state index contributed by atoms with van der Waals surface area (Å²) >= 11 is 0. The van der Waals surface area contributed by atoms with E-state index in [0.717, 1.165) is 58.9 Å². The third kappa shape index (κ3) is 4.95. The molecule has 1 aliphatic heterocycles. The number of hydrogen-bond donors (Lipinski definition) is 1. The molecule has 1 aromatic carbocycles. The van der Waals surface area contributed by atoms with E-state index in [-0.39, 0.29) is 18.5 Å². The van der Waals surface area contributed by atoms with E-state index in [0.29, 0.717) is 24.5 Å². The van der Waals surface area contributed by atoms with E-state index in [1.54, 1.807) is 6.92 Å². The number of fused-ring (bicyclic) bond motifs is 1. The number of carbonyl (C=O) groups excluding carboxylic acids is 1. The minimum atomic E-state index is -0.274. The molecule has 1 fully saturated rings. The third-order valence-electron chi connectivity index (χ3n) is 6.65. The van der Waals surface area contributed by atoms with Crippen LogP contribution in [0.1, 0.15) is 58.5 Å². The largest absolute Gasteiger partial charge is 0.341 e. The normalized spacial score (nSPS) is 15.5. The molecule has 2 N–H and O–H groups in total. The number of nitrogens with two attached hydrogens (primary N) is 1. The van der Waals surface area contributed by atoms with Crippen molar-refractivity contribution in [2.45, 2.75) is 66.6 Å². The predicted molar refractivity (Wildman–Crippen MR) is 143 cm³/mol. The lowest BCUT2D eigenvalue weighted by molar-refractivity contribution is 0.0739. The van der Waals surface area contributed by atoms with Gasteiger partial charge in [0.25, 0.3) is 5.91 Å². The first-order chi connectivity index (χ1) is 17.2. The average molecular weight is 487 g/mol. The van der Waals surface area contributed by atoms with E-state index >= 15 is 0 Å². The van der Waals surface area contributed by atoms with Gasteiger partial charge >= 0.3 is 0 Å². The molecule has 0 radical (unpaired) electrons. The number of hydrazone groups is 1. The van der Waals surface area contributed by atoms with Crippen molar-refractivity contribution < 1.29 is 4.79 Å². The molecule has 0 saturated carbocycles. The van der Waals surface area contributed by atoms with Gasteiger partial charge in [-0.2, -0.15) is 5.10 Å². The van der Waals surface area contributed by atoms with Crippen molar-refractivity contribution in [1.29, 1.82) is 0 Å². The quantitative estimate of drug-likeness (QED) is 0.326. The number of carbonyl (C=O) groups is 1. The molecule has 4 rings (SSSR count).